The first-order valence-corrected chi connectivity index (χ1v) is 5.18. The van der Waals surface area contributed by atoms with Gasteiger partial charge in [-0.25, -0.2) is 4.98 Å². The maximum atomic E-state index is 11.0. The zero-order chi connectivity index (χ0) is 13.1. The normalized spacial score (nSPS) is 17.9. The Labute approximate surface area is 102 Å². The number of hydrogen-bond donors (Lipinski definition) is 2. The number of amides is 1. The lowest BCUT2D eigenvalue weighted by molar-refractivity contribution is -0.385. The van der Waals surface area contributed by atoms with E-state index in [1.165, 1.54) is 0 Å². The summed E-state index contributed by atoms with van der Waals surface area (Å²) >= 11 is 0. The average molecular weight is 247 g/mol. The number of carbonyl (C=O) groups excluding carboxylic acids is 1. The molecule has 8 heteroatoms. The van der Waals surface area contributed by atoms with Gasteiger partial charge in [0.2, 0.25) is 5.91 Å². The Balaban J connectivity index is 2.20. The topological polar surface area (TPSA) is 121 Å². The number of nitrogens with zero attached hydrogens (tertiary/aromatic N) is 3. The molecular formula is C10H9N5O3. The smallest absolute Gasteiger partial charge is 0.289 e. The van der Waals surface area contributed by atoms with Crippen molar-refractivity contribution in [3.63, 3.8) is 0 Å². The quantitative estimate of drug-likeness (QED) is 0.579. The first-order chi connectivity index (χ1) is 8.60. The second-order valence-electron chi connectivity index (χ2n) is 3.81. The number of nitriles is 1. The van der Waals surface area contributed by atoms with Gasteiger partial charge in [0, 0.05) is 19.0 Å². The van der Waals surface area contributed by atoms with Gasteiger partial charge in [-0.15, -0.1) is 0 Å². The molecule has 0 radical (unpaired) electrons. The van der Waals surface area contributed by atoms with Gasteiger partial charge in [0.1, 0.15) is 23.6 Å². The van der Waals surface area contributed by atoms with Crippen LogP contribution in [0.4, 0.5) is 11.5 Å². The third kappa shape index (κ3) is 2.35. The lowest BCUT2D eigenvalue weighted by atomic mass is 10.2. The second kappa shape index (κ2) is 4.67. The number of carbonyl (C=O) groups is 1. The highest BCUT2D eigenvalue weighted by Gasteiger charge is 2.23. The van der Waals surface area contributed by atoms with Crippen LogP contribution in [0.25, 0.3) is 0 Å². The first kappa shape index (κ1) is 11.8. The van der Waals surface area contributed by atoms with Gasteiger partial charge < -0.3 is 10.6 Å². The number of pyridine rings is 1. The molecule has 0 spiro atoms. The summed E-state index contributed by atoms with van der Waals surface area (Å²) in [6.07, 6.45) is 1.37. The van der Waals surface area contributed by atoms with Crippen molar-refractivity contribution in [2.45, 2.75) is 12.5 Å². The summed E-state index contributed by atoms with van der Waals surface area (Å²) < 4.78 is 0. The molecule has 18 heavy (non-hydrogen) atoms. The lowest BCUT2D eigenvalue weighted by Gasteiger charge is -2.11. The largest absolute Gasteiger partial charge is 0.364 e. The summed E-state index contributed by atoms with van der Waals surface area (Å²) in [6, 6.07) is 2.84. The zero-order valence-electron chi connectivity index (χ0n) is 9.21. The number of aromatic nitrogens is 1. The van der Waals surface area contributed by atoms with E-state index in [1.54, 1.807) is 0 Å². The van der Waals surface area contributed by atoms with E-state index in [0.29, 0.717) is 13.0 Å². The van der Waals surface area contributed by atoms with Crippen molar-refractivity contribution in [1.29, 1.82) is 5.26 Å². The average Bonchev–Trinajstić information content (AvgIpc) is 2.75. The van der Waals surface area contributed by atoms with Crippen molar-refractivity contribution in [2.75, 3.05) is 11.9 Å². The van der Waals surface area contributed by atoms with Crippen LogP contribution in [0.2, 0.25) is 0 Å². The van der Waals surface area contributed by atoms with Crippen molar-refractivity contribution < 1.29 is 9.72 Å². The molecule has 1 amide bonds. The monoisotopic (exact) mass is 247 g/mol. The van der Waals surface area contributed by atoms with E-state index in [2.05, 4.69) is 15.6 Å². The second-order valence-corrected chi connectivity index (χ2v) is 3.81. The van der Waals surface area contributed by atoms with Crippen LogP contribution in [0.1, 0.15) is 12.0 Å². The molecule has 1 aromatic rings. The number of hydrogen-bond acceptors (Lipinski definition) is 6. The van der Waals surface area contributed by atoms with E-state index in [0.717, 1.165) is 12.3 Å². The summed E-state index contributed by atoms with van der Waals surface area (Å²) in [5.74, 6) is 0.178. The molecule has 0 aliphatic carbocycles. The van der Waals surface area contributed by atoms with Crippen LogP contribution in [0, 0.1) is 21.4 Å². The molecule has 1 unspecified atom stereocenters. The first-order valence-electron chi connectivity index (χ1n) is 5.18. The summed E-state index contributed by atoms with van der Waals surface area (Å²) in [6.45, 7) is 0.447. The fourth-order valence-electron chi connectivity index (χ4n) is 1.65. The molecule has 92 valence electrons. The van der Waals surface area contributed by atoms with Gasteiger partial charge in [0.15, 0.2) is 0 Å². The summed E-state index contributed by atoms with van der Waals surface area (Å²) in [5, 5.41) is 25.0. The molecule has 1 fully saturated rings. The molecule has 1 saturated heterocycles. The Bertz CT molecular complexity index is 551. The van der Waals surface area contributed by atoms with Crippen LogP contribution in [0.5, 0.6) is 0 Å². The van der Waals surface area contributed by atoms with Gasteiger partial charge in [-0.2, -0.15) is 5.26 Å². The molecule has 1 aromatic heterocycles. The van der Waals surface area contributed by atoms with Crippen LogP contribution >= 0.6 is 0 Å². The minimum atomic E-state index is -0.613. The fraction of sp³-hybridized carbons (Fsp3) is 0.300. The minimum absolute atomic E-state index is 0.0760. The maximum absolute atomic E-state index is 11.0. The molecule has 2 N–H and O–H groups in total. The molecule has 1 atom stereocenters. The number of nitro groups is 1. The molecular weight excluding hydrogens is 238 g/mol. The molecule has 8 nitrogen and oxygen atoms in total. The van der Waals surface area contributed by atoms with E-state index >= 15 is 0 Å². The SMILES string of the molecule is N#Cc1cc([N+](=O)[O-])cnc1NC1CNC(=O)C1. The Kier molecular flexibility index (Phi) is 3.05. The molecule has 1 aliphatic rings. The van der Waals surface area contributed by atoms with Gasteiger partial charge in [0.25, 0.3) is 5.69 Å². The van der Waals surface area contributed by atoms with Crippen molar-refractivity contribution in [1.82, 2.24) is 10.3 Å². The van der Waals surface area contributed by atoms with E-state index < -0.39 is 4.92 Å². The van der Waals surface area contributed by atoms with Crippen molar-refractivity contribution in [3.05, 3.63) is 27.9 Å². The Morgan fingerprint density at radius 3 is 3.00 bits per heavy atom. The highest BCUT2D eigenvalue weighted by atomic mass is 16.6. The Hall–Kier alpha value is -2.69. The van der Waals surface area contributed by atoms with E-state index in [4.69, 9.17) is 5.26 Å². The lowest BCUT2D eigenvalue weighted by Crippen LogP contribution is -2.23. The molecule has 0 bridgehead atoms. The van der Waals surface area contributed by atoms with Crippen LogP contribution in [0.3, 0.4) is 0 Å². The highest BCUT2D eigenvalue weighted by molar-refractivity contribution is 5.79. The van der Waals surface area contributed by atoms with Gasteiger partial charge in [-0.1, -0.05) is 0 Å². The van der Waals surface area contributed by atoms with E-state index in [9.17, 15) is 14.9 Å². The van der Waals surface area contributed by atoms with Crippen molar-refractivity contribution in [2.24, 2.45) is 0 Å². The predicted molar refractivity (Wildman–Crippen MR) is 60.6 cm³/mol. The van der Waals surface area contributed by atoms with Crippen molar-refractivity contribution >= 4 is 17.4 Å². The van der Waals surface area contributed by atoms with Crippen molar-refractivity contribution in [3.8, 4) is 6.07 Å². The van der Waals surface area contributed by atoms with E-state index in [-0.39, 0.29) is 29.0 Å². The Morgan fingerprint density at radius 2 is 2.44 bits per heavy atom. The standard InChI is InChI=1S/C10H9N5O3/c11-3-6-1-8(15(17)18)5-13-10(6)14-7-2-9(16)12-4-7/h1,5,7H,2,4H2,(H,12,16)(H,13,14). The third-order valence-electron chi connectivity index (χ3n) is 2.52. The summed E-state index contributed by atoms with van der Waals surface area (Å²) in [7, 11) is 0. The number of anilines is 1. The van der Waals surface area contributed by atoms with Crippen LogP contribution in [-0.2, 0) is 4.79 Å². The highest BCUT2D eigenvalue weighted by Crippen LogP contribution is 2.19. The van der Waals surface area contributed by atoms with Gasteiger partial charge in [0.05, 0.1) is 11.0 Å². The molecule has 2 heterocycles. The molecule has 2 rings (SSSR count). The molecule has 1 aliphatic heterocycles. The van der Waals surface area contributed by atoms with Gasteiger partial charge >= 0.3 is 0 Å². The minimum Gasteiger partial charge on any atom is -0.364 e. The number of nitrogens with one attached hydrogen (secondary N) is 2. The Morgan fingerprint density at radius 1 is 1.67 bits per heavy atom. The summed E-state index contributed by atoms with van der Waals surface area (Å²) in [5.41, 5.74) is -0.152. The fourth-order valence-corrected chi connectivity index (χ4v) is 1.65. The molecule has 0 saturated carbocycles. The maximum Gasteiger partial charge on any atom is 0.289 e. The summed E-state index contributed by atoms with van der Waals surface area (Å²) in [4.78, 5) is 24.8. The predicted octanol–water partition coefficient (Wildman–Crippen LogP) is 0.162. The third-order valence-corrected chi connectivity index (χ3v) is 2.52. The van der Waals surface area contributed by atoms with Crippen LogP contribution < -0.4 is 10.6 Å². The van der Waals surface area contributed by atoms with Crippen LogP contribution in [-0.4, -0.2) is 28.4 Å². The van der Waals surface area contributed by atoms with E-state index in [1.807, 2.05) is 6.07 Å². The molecule has 0 aromatic carbocycles. The van der Waals surface area contributed by atoms with Gasteiger partial charge in [-0.3, -0.25) is 14.9 Å². The zero-order valence-corrected chi connectivity index (χ0v) is 9.21. The van der Waals surface area contributed by atoms with Gasteiger partial charge in [-0.05, 0) is 0 Å². The number of rotatable bonds is 3. The van der Waals surface area contributed by atoms with Crippen LogP contribution in [0.15, 0.2) is 12.3 Å².